The van der Waals surface area contributed by atoms with Crippen LogP contribution < -0.4 is 5.73 Å². The van der Waals surface area contributed by atoms with Gasteiger partial charge in [-0.3, -0.25) is 14.8 Å². The van der Waals surface area contributed by atoms with Crippen molar-refractivity contribution in [3.8, 4) is 0 Å². The Bertz CT molecular complexity index is 192. The number of nitrogens with two attached hydrogens (primary N) is 1. The van der Waals surface area contributed by atoms with Gasteiger partial charge < -0.3 is 5.73 Å². The van der Waals surface area contributed by atoms with Gasteiger partial charge in [0.2, 0.25) is 0 Å². The second-order valence-electron chi connectivity index (χ2n) is 3.24. The van der Waals surface area contributed by atoms with Crippen LogP contribution in [0.1, 0.15) is 26.7 Å². The predicted molar refractivity (Wildman–Crippen MR) is 46.8 cm³/mol. The lowest BCUT2D eigenvalue weighted by atomic mass is 10.1. The van der Waals surface area contributed by atoms with Crippen molar-refractivity contribution in [2.45, 2.75) is 26.7 Å². The minimum atomic E-state index is -0.770. The van der Waals surface area contributed by atoms with Gasteiger partial charge >= 0.3 is 0 Å². The Morgan fingerprint density at radius 2 is 1.92 bits per heavy atom. The van der Waals surface area contributed by atoms with Crippen molar-refractivity contribution >= 4 is 11.8 Å². The molecule has 0 heterocycles. The van der Waals surface area contributed by atoms with E-state index in [-0.39, 0.29) is 18.0 Å². The summed E-state index contributed by atoms with van der Waals surface area (Å²) in [6.07, 6.45) is 0.813. The number of amides is 2. The quantitative estimate of drug-likeness (QED) is 0.485. The molecule has 5 nitrogen and oxygen atoms in total. The highest BCUT2D eigenvalue weighted by Gasteiger charge is 2.17. The van der Waals surface area contributed by atoms with Gasteiger partial charge in [0.25, 0.3) is 11.8 Å². The van der Waals surface area contributed by atoms with Crippen molar-refractivity contribution in [3.05, 3.63) is 0 Å². The van der Waals surface area contributed by atoms with Gasteiger partial charge in [-0.1, -0.05) is 13.8 Å². The van der Waals surface area contributed by atoms with Crippen LogP contribution in [0.5, 0.6) is 0 Å². The molecular weight excluding hydrogens is 172 g/mol. The van der Waals surface area contributed by atoms with Crippen LogP contribution in [0.4, 0.5) is 0 Å². The lowest BCUT2D eigenvalue weighted by Crippen LogP contribution is -2.38. The van der Waals surface area contributed by atoms with Gasteiger partial charge in [0.1, 0.15) is 0 Å². The molecule has 0 fully saturated rings. The fourth-order valence-electron chi connectivity index (χ4n) is 0.744. The first-order valence-corrected chi connectivity index (χ1v) is 4.23. The Morgan fingerprint density at radius 3 is 2.31 bits per heavy atom. The van der Waals surface area contributed by atoms with E-state index in [0.29, 0.717) is 12.3 Å². The van der Waals surface area contributed by atoms with Crippen LogP contribution in [0.2, 0.25) is 0 Å². The summed E-state index contributed by atoms with van der Waals surface area (Å²) in [4.78, 5) is 21.8. The van der Waals surface area contributed by atoms with E-state index in [1.165, 1.54) is 0 Å². The minimum absolute atomic E-state index is 0.0996. The molecule has 0 aliphatic carbocycles. The van der Waals surface area contributed by atoms with Crippen molar-refractivity contribution in [3.63, 3.8) is 0 Å². The van der Waals surface area contributed by atoms with Gasteiger partial charge in [-0.25, -0.2) is 0 Å². The minimum Gasteiger partial charge on any atom is -0.322 e. The second kappa shape index (κ2) is 5.66. The number of carbonyl (C=O) groups is 2. The molecule has 0 saturated heterocycles. The van der Waals surface area contributed by atoms with Gasteiger partial charge in [0.15, 0.2) is 0 Å². The first kappa shape index (κ1) is 12.1. The summed E-state index contributed by atoms with van der Waals surface area (Å²) in [6, 6.07) is 0. The number of hydrogen-bond acceptors (Lipinski definition) is 4. The van der Waals surface area contributed by atoms with Gasteiger partial charge in [0.05, 0.1) is 6.54 Å². The monoisotopic (exact) mass is 188 g/mol. The van der Waals surface area contributed by atoms with Crippen molar-refractivity contribution in [1.29, 1.82) is 0 Å². The third-order valence-corrected chi connectivity index (χ3v) is 1.58. The Labute approximate surface area is 77.5 Å². The average molecular weight is 188 g/mol. The summed E-state index contributed by atoms with van der Waals surface area (Å²) in [6.45, 7) is 3.56. The molecule has 0 spiro atoms. The fourth-order valence-corrected chi connectivity index (χ4v) is 0.744. The summed E-state index contributed by atoms with van der Waals surface area (Å²) < 4.78 is 0. The molecule has 0 aromatic rings. The van der Waals surface area contributed by atoms with E-state index >= 15 is 0 Å². The summed E-state index contributed by atoms with van der Waals surface area (Å²) >= 11 is 0. The van der Waals surface area contributed by atoms with E-state index in [1.54, 1.807) is 0 Å². The summed E-state index contributed by atoms with van der Waals surface area (Å²) in [7, 11) is 0. The largest absolute Gasteiger partial charge is 0.322 e. The van der Waals surface area contributed by atoms with E-state index in [2.05, 4.69) is 0 Å². The molecule has 0 aromatic heterocycles. The van der Waals surface area contributed by atoms with E-state index in [9.17, 15) is 9.59 Å². The molecule has 5 heteroatoms. The van der Waals surface area contributed by atoms with E-state index < -0.39 is 11.8 Å². The van der Waals surface area contributed by atoms with Crippen molar-refractivity contribution < 1.29 is 14.8 Å². The first-order chi connectivity index (χ1) is 5.99. The van der Waals surface area contributed by atoms with Gasteiger partial charge in [-0.2, -0.15) is 5.06 Å². The second-order valence-corrected chi connectivity index (χ2v) is 3.24. The molecule has 0 aromatic carbocycles. The molecule has 13 heavy (non-hydrogen) atoms. The molecule has 76 valence electrons. The normalized spacial score (nSPS) is 10.2. The Kier molecular flexibility index (Phi) is 5.25. The van der Waals surface area contributed by atoms with Crippen LogP contribution in [-0.2, 0) is 9.59 Å². The van der Waals surface area contributed by atoms with Gasteiger partial charge in [-0.05, 0) is 12.3 Å². The Balaban J connectivity index is 3.90. The lowest BCUT2D eigenvalue weighted by molar-refractivity contribution is -0.178. The van der Waals surface area contributed by atoms with Crippen LogP contribution in [0, 0.1) is 5.92 Å². The number of hydrogen-bond donors (Lipinski definition) is 2. The maximum Gasteiger partial charge on any atom is 0.266 e. The average Bonchev–Trinajstić information content (AvgIpc) is 2.11. The van der Waals surface area contributed by atoms with Gasteiger partial charge in [-0.15, -0.1) is 0 Å². The van der Waals surface area contributed by atoms with Crippen molar-refractivity contribution in [2.24, 2.45) is 11.7 Å². The lowest BCUT2D eigenvalue weighted by Gasteiger charge is -2.12. The molecule has 0 rings (SSSR count). The molecule has 2 amide bonds. The van der Waals surface area contributed by atoms with Gasteiger partial charge in [0, 0.05) is 6.42 Å². The number of carbonyl (C=O) groups excluding carboxylic acids is 2. The number of imide groups is 1. The summed E-state index contributed by atoms with van der Waals surface area (Å²) in [5.74, 6) is -0.997. The Hall–Kier alpha value is -0.940. The maximum absolute atomic E-state index is 11.0. The zero-order valence-electron chi connectivity index (χ0n) is 7.99. The molecular formula is C8H16N2O3. The van der Waals surface area contributed by atoms with E-state index in [1.807, 2.05) is 13.8 Å². The standard InChI is InChI=1S/C8H16N2O3/c1-6(2)3-4-7(11)10(13)8(12)5-9/h6,13H,3-5,9H2,1-2H3. The Morgan fingerprint density at radius 1 is 1.38 bits per heavy atom. The highest BCUT2D eigenvalue weighted by Crippen LogP contribution is 2.05. The summed E-state index contributed by atoms with van der Waals surface area (Å²) in [5.41, 5.74) is 4.96. The van der Waals surface area contributed by atoms with E-state index in [4.69, 9.17) is 10.9 Å². The van der Waals surface area contributed by atoms with Crippen LogP contribution in [0.15, 0.2) is 0 Å². The van der Waals surface area contributed by atoms with Crippen molar-refractivity contribution in [2.75, 3.05) is 6.54 Å². The highest BCUT2D eigenvalue weighted by molar-refractivity contribution is 5.94. The number of hydroxylamine groups is 2. The van der Waals surface area contributed by atoms with E-state index in [0.717, 1.165) is 0 Å². The van der Waals surface area contributed by atoms with Crippen LogP contribution in [0.25, 0.3) is 0 Å². The summed E-state index contributed by atoms with van der Waals surface area (Å²) in [5, 5.41) is 9.05. The topological polar surface area (TPSA) is 83.6 Å². The van der Waals surface area contributed by atoms with Crippen LogP contribution >= 0.6 is 0 Å². The third-order valence-electron chi connectivity index (χ3n) is 1.58. The molecule has 0 saturated carbocycles. The van der Waals surface area contributed by atoms with Crippen LogP contribution in [-0.4, -0.2) is 28.6 Å². The van der Waals surface area contributed by atoms with Crippen LogP contribution in [0.3, 0.4) is 0 Å². The molecule has 3 N–H and O–H groups in total. The highest BCUT2D eigenvalue weighted by atomic mass is 16.5. The SMILES string of the molecule is CC(C)CCC(=O)N(O)C(=O)CN. The first-order valence-electron chi connectivity index (χ1n) is 4.23. The predicted octanol–water partition coefficient (Wildman–Crippen LogP) is 0.126. The molecule has 0 radical (unpaired) electrons. The molecule has 0 aliphatic heterocycles. The molecule has 0 aliphatic rings. The third kappa shape index (κ3) is 4.59. The fraction of sp³-hybridized carbons (Fsp3) is 0.750. The number of rotatable bonds is 4. The molecule has 0 unspecified atom stereocenters. The molecule has 0 bridgehead atoms. The number of nitrogens with zero attached hydrogens (tertiary/aromatic N) is 1. The molecule has 0 atom stereocenters. The van der Waals surface area contributed by atoms with Crippen molar-refractivity contribution in [1.82, 2.24) is 5.06 Å². The zero-order valence-corrected chi connectivity index (χ0v) is 7.99. The maximum atomic E-state index is 11.0. The smallest absolute Gasteiger partial charge is 0.266 e. The zero-order chi connectivity index (χ0) is 10.4.